The fraction of sp³-hybridized carbons (Fsp3) is 0. The van der Waals surface area contributed by atoms with Gasteiger partial charge in [0.15, 0.2) is 6.29 Å². The van der Waals surface area contributed by atoms with E-state index < -0.39 is 11.9 Å². The molecular weight excluding hydrogens is 260 g/mol. The summed E-state index contributed by atoms with van der Waals surface area (Å²) < 4.78 is 9.85. The number of ether oxygens (including phenoxy) is 2. The first-order valence-corrected chi connectivity index (χ1v) is 5.73. The van der Waals surface area contributed by atoms with Gasteiger partial charge in [-0.1, -0.05) is 30.3 Å². The van der Waals surface area contributed by atoms with E-state index in [4.69, 9.17) is 9.47 Å². The molecule has 0 aliphatic carbocycles. The van der Waals surface area contributed by atoms with Gasteiger partial charge in [-0.15, -0.1) is 0 Å². The van der Waals surface area contributed by atoms with Crippen molar-refractivity contribution in [3.63, 3.8) is 0 Å². The highest BCUT2D eigenvalue weighted by Crippen LogP contribution is 2.15. The predicted octanol–water partition coefficient (Wildman–Crippen LogP) is 2.65. The van der Waals surface area contributed by atoms with E-state index in [2.05, 4.69) is 0 Å². The van der Waals surface area contributed by atoms with Crippen LogP contribution in [0.15, 0.2) is 54.6 Å². The number of aldehydes is 1. The zero-order valence-electron chi connectivity index (χ0n) is 10.3. The van der Waals surface area contributed by atoms with E-state index in [-0.39, 0.29) is 17.6 Å². The van der Waals surface area contributed by atoms with Crippen LogP contribution in [-0.4, -0.2) is 18.2 Å². The SMILES string of the molecule is O=CC(=O)c1cccc(OC(=O)Oc2ccccc2)c1. The Bertz CT molecular complexity index is 634. The Morgan fingerprint density at radius 3 is 2.20 bits per heavy atom. The maximum Gasteiger partial charge on any atom is 0.519 e. The monoisotopic (exact) mass is 270 g/mol. The Morgan fingerprint density at radius 2 is 1.50 bits per heavy atom. The van der Waals surface area contributed by atoms with Gasteiger partial charge in [-0.25, -0.2) is 4.79 Å². The molecule has 5 heteroatoms. The number of carbonyl (C=O) groups excluding carboxylic acids is 3. The summed E-state index contributed by atoms with van der Waals surface area (Å²) in [5.41, 5.74) is 0.144. The van der Waals surface area contributed by atoms with Crippen molar-refractivity contribution >= 4 is 18.2 Å². The quantitative estimate of drug-likeness (QED) is 0.281. The zero-order chi connectivity index (χ0) is 14.4. The lowest BCUT2D eigenvalue weighted by Crippen LogP contribution is -2.14. The largest absolute Gasteiger partial charge is 0.519 e. The molecule has 5 nitrogen and oxygen atoms in total. The van der Waals surface area contributed by atoms with Gasteiger partial charge in [-0.05, 0) is 24.3 Å². The van der Waals surface area contributed by atoms with E-state index in [0.717, 1.165) is 0 Å². The van der Waals surface area contributed by atoms with Gasteiger partial charge in [0.2, 0.25) is 5.78 Å². The lowest BCUT2D eigenvalue weighted by Gasteiger charge is -2.05. The molecule has 2 aromatic carbocycles. The molecule has 0 heterocycles. The first kappa shape index (κ1) is 13.5. The second-order valence-electron chi connectivity index (χ2n) is 3.78. The van der Waals surface area contributed by atoms with E-state index in [1.54, 1.807) is 30.3 Å². The first-order valence-electron chi connectivity index (χ1n) is 5.73. The van der Waals surface area contributed by atoms with Gasteiger partial charge in [0.25, 0.3) is 0 Å². The predicted molar refractivity (Wildman–Crippen MR) is 69.9 cm³/mol. The Hall–Kier alpha value is -2.95. The zero-order valence-corrected chi connectivity index (χ0v) is 10.3. The van der Waals surface area contributed by atoms with Gasteiger partial charge in [-0.2, -0.15) is 0 Å². The van der Waals surface area contributed by atoms with Crippen molar-refractivity contribution < 1.29 is 23.9 Å². The number of benzene rings is 2. The maximum absolute atomic E-state index is 11.5. The number of Topliss-reactive ketones (excluding diaryl/α,β-unsaturated/α-hetero) is 1. The average molecular weight is 270 g/mol. The molecule has 0 bridgehead atoms. The van der Waals surface area contributed by atoms with Crippen LogP contribution in [0, 0.1) is 0 Å². The molecule has 0 atom stereocenters. The molecule has 20 heavy (non-hydrogen) atoms. The average Bonchev–Trinajstić information content (AvgIpc) is 2.47. The van der Waals surface area contributed by atoms with Crippen LogP contribution in [0.2, 0.25) is 0 Å². The highest BCUT2D eigenvalue weighted by Gasteiger charge is 2.10. The molecule has 0 aliphatic heterocycles. The van der Waals surface area contributed by atoms with Crippen molar-refractivity contribution in [1.29, 1.82) is 0 Å². The van der Waals surface area contributed by atoms with E-state index in [9.17, 15) is 14.4 Å². The third-order valence-electron chi connectivity index (χ3n) is 2.37. The molecular formula is C15H10O5. The van der Waals surface area contributed by atoms with Crippen LogP contribution in [0.25, 0.3) is 0 Å². The molecule has 0 amide bonds. The van der Waals surface area contributed by atoms with Crippen molar-refractivity contribution in [1.82, 2.24) is 0 Å². The number of hydrogen-bond acceptors (Lipinski definition) is 5. The summed E-state index contributed by atoms with van der Waals surface area (Å²) in [5.74, 6) is -0.219. The molecule has 0 spiro atoms. The Labute approximate surface area is 114 Å². The van der Waals surface area contributed by atoms with Crippen molar-refractivity contribution in [3.8, 4) is 11.5 Å². The van der Waals surface area contributed by atoms with Gasteiger partial charge in [0.1, 0.15) is 11.5 Å². The summed E-state index contributed by atoms with van der Waals surface area (Å²) >= 11 is 0. The number of para-hydroxylation sites is 1. The fourth-order valence-corrected chi connectivity index (χ4v) is 1.48. The Balaban J connectivity index is 2.04. The van der Waals surface area contributed by atoms with E-state index in [1.807, 2.05) is 0 Å². The van der Waals surface area contributed by atoms with Crippen molar-refractivity contribution in [2.75, 3.05) is 0 Å². The number of hydrogen-bond donors (Lipinski definition) is 0. The minimum Gasteiger partial charge on any atom is -0.395 e. The molecule has 0 radical (unpaired) electrons. The number of carbonyl (C=O) groups is 3. The van der Waals surface area contributed by atoms with E-state index in [0.29, 0.717) is 5.75 Å². The molecule has 2 aromatic rings. The third kappa shape index (κ3) is 3.52. The minimum atomic E-state index is -0.924. The maximum atomic E-state index is 11.5. The van der Waals surface area contributed by atoms with Gasteiger partial charge in [0, 0.05) is 5.56 Å². The number of rotatable bonds is 4. The van der Waals surface area contributed by atoms with Gasteiger partial charge >= 0.3 is 6.16 Å². The minimum absolute atomic E-state index is 0.124. The highest BCUT2D eigenvalue weighted by atomic mass is 16.7. The van der Waals surface area contributed by atoms with Crippen molar-refractivity contribution in [2.45, 2.75) is 0 Å². The smallest absolute Gasteiger partial charge is 0.395 e. The molecule has 0 saturated carbocycles. The molecule has 0 N–H and O–H groups in total. The third-order valence-corrected chi connectivity index (χ3v) is 2.37. The van der Waals surface area contributed by atoms with Crippen LogP contribution in [0.1, 0.15) is 10.4 Å². The van der Waals surface area contributed by atoms with Crippen LogP contribution in [0.3, 0.4) is 0 Å². The lowest BCUT2D eigenvalue weighted by molar-refractivity contribution is -0.104. The van der Waals surface area contributed by atoms with Crippen LogP contribution >= 0.6 is 0 Å². The molecule has 0 aliphatic rings. The molecule has 100 valence electrons. The first-order chi connectivity index (χ1) is 9.69. The lowest BCUT2D eigenvalue weighted by atomic mass is 10.1. The van der Waals surface area contributed by atoms with Gasteiger partial charge in [0.05, 0.1) is 0 Å². The molecule has 0 unspecified atom stereocenters. The fourth-order valence-electron chi connectivity index (χ4n) is 1.48. The summed E-state index contributed by atoms with van der Waals surface area (Å²) in [7, 11) is 0. The van der Waals surface area contributed by atoms with Crippen LogP contribution in [0.4, 0.5) is 4.79 Å². The van der Waals surface area contributed by atoms with Crippen LogP contribution in [0.5, 0.6) is 11.5 Å². The van der Waals surface area contributed by atoms with E-state index in [1.165, 1.54) is 24.3 Å². The second-order valence-corrected chi connectivity index (χ2v) is 3.78. The van der Waals surface area contributed by atoms with Crippen LogP contribution in [-0.2, 0) is 4.79 Å². The summed E-state index contributed by atoms with van der Waals surface area (Å²) in [6.07, 6.45) is -0.728. The summed E-state index contributed by atoms with van der Waals surface area (Å²) in [6, 6.07) is 14.1. The van der Waals surface area contributed by atoms with Gasteiger partial charge < -0.3 is 9.47 Å². The summed E-state index contributed by atoms with van der Waals surface area (Å²) in [4.78, 5) is 33.1. The normalized spacial score (nSPS) is 9.60. The Kier molecular flexibility index (Phi) is 4.24. The summed E-state index contributed by atoms with van der Waals surface area (Å²) in [5, 5.41) is 0. The molecule has 0 saturated heterocycles. The van der Waals surface area contributed by atoms with Gasteiger partial charge in [-0.3, -0.25) is 9.59 Å². The van der Waals surface area contributed by atoms with E-state index >= 15 is 0 Å². The van der Waals surface area contributed by atoms with Crippen molar-refractivity contribution in [2.24, 2.45) is 0 Å². The highest BCUT2D eigenvalue weighted by molar-refractivity contribution is 6.33. The number of ketones is 1. The van der Waals surface area contributed by atoms with Crippen LogP contribution < -0.4 is 9.47 Å². The topological polar surface area (TPSA) is 69.7 Å². The molecule has 0 fully saturated rings. The molecule has 0 aromatic heterocycles. The summed E-state index contributed by atoms with van der Waals surface area (Å²) in [6.45, 7) is 0. The standard InChI is InChI=1S/C15H10O5/c16-10-14(17)11-5-4-8-13(9-11)20-15(18)19-12-6-2-1-3-7-12/h1-10H. The molecule has 2 rings (SSSR count). The Morgan fingerprint density at radius 1 is 0.850 bits per heavy atom. The van der Waals surface area contributed by atoms with Crippen molar-refractivity contribution in [3.05, 3.63) is 60.2 Å². The second kappa shape index (κ2) is 6.29.